The number of unbranched alkanes of at least 4 members (excludes halogenated alkanes) is 1. The molecule has 1 amide bonds. The number of hydrogen-bond donors (Lipinski definition) is 1. The molecule has 0 radical (unpaired) electrons. The van der Waals surface area contributed by atoms with Crippen molar-refractivity contribution in [2.24, 2.45) is 0 Å². The molecule has 0 unspecified atom stereocenters. The standard InChI is InChI=1S/C21H26N4O2/c1-4-5-14-27-17-11-9-16(10-12-17)22-21(26)20-18(15-24(2)3)25-13-7-6-8-19(25)23-20/h6-13H,4-5,14-15H2,1-3H3,(H,22,26). The number of nitrogens with one attached hydrogen (secondary N) is 1. The van der Waals surface area contributed by atoms with Gasteiger partial charge in [0.2, 0.25) is 0 Å². The number of amides is 1. The van der Waals surface area contributed by atoms with Crippen LogP contribution in [0.5, 0.6) is 5.75 Å². The summed E-state index contributed by atoms with van der Waals surface area (Å²) in [6.07, 6.45) is 4.06. The molecule has 0 bridgehead atoms. The Morgan fingerprint density at radius 2 is 1.96 bits per heavy atom. The van der Waals surface area contributed by atoms with E-state index < -0.39 is 0 Å². The minimum Gasteiger partial charge on any atom is -0.494 e. The number of ether oxygens (including phenoxy) is 1. The summed E-state index contributed by atoms with van der Waals surface area (Å²) in [5.41, 5.74) is 2.79. The molecule has 1 aromatic carbocycles. The number of nitrogens with zero attached hydrogens (tertiary/aromatic N) is 3. The molecular weight excluding hydrogens is 340 g/mol. The summed E-state index contributed by atoms with van der Waals surface area (Å²) in [4.78, 5) is 19.4. The van der Waals surface area contributed by atoms with Crippen LogP contribution in [-0.2, 0) is 6.54 Å². The van der Waals surface area contributed by atoms with Crippen molar-refractivity contribution in [3.63, 3.8) is 0 Å². The van der Waals surface area contributed by atoms with E-state index in [1.54, 1.807) is 0 Å². The molecule has 2 heterocycles. The summed E-state index contributed by atoms with van der Waals surface area (Å²) in [5.74, 6) is 0.595. The van der Waals surface area contributed by atoms with Gasteiger partial charge in [-0.2, -0.15) is 0 Å². The zero-order chi connectivity index (χ0) is 19.2. The minimum absolute atomic E-state index is 0.213. The number of aromatic nitrogens is 2. The number of fused-ring (bicyclic) bond motifs is 1. The molecule has 0 aliphatic rings. The van der Waals surface area contributed by atoms with E-state index in [4.69, 9.17) is 4.74 Å². The van der Waals surface area contributed by atoms with Crippen LogP contribution in [0, 0.1) is 0 Å². The third-order valence-corrected chi connectivity index (χ3v) is 4.19. The van der Waals surface area contributed by atoms with Crippen LogP contribution in [0.25, 0.3) is 5.65 Å². The first-order valence-electron chi connectivity index (χ1n) is 9.23. The summed E-state index contributed by atoms with van der Waals surface area (Å²) >= 11 is 0. The first-order chi connectivity index (χ1) is 13.1. The normalized spacial score (nSPS) is 11.1. The number of rotatable bonds is 8. The van der Waals surface area contributed by atoms with E-state index in [0.717, 1.165) is 35.6 Å². The van der Waals surface area contributed by atoms with Crippen molar-refractivity contribution in [3.8, 4) is 5.75 Å². The molecule has 2 aromatic heterocycles. The Morgan fingerprint density at radius 1 is 1.19 bits per heavy atom. The van der Waals surface area contributed by atoms with E-state index >= 15 is 0 Å². The van der Waals surface area contributed by atoms with E-state index in [2.05, 4.69) is 17.2 Å². The second-order valence-electron chi connectivity index (χ2n) is 6.75. The van der Waals surface area contributed by atoms with Gasteiger partial charge in [-0.1, -0.05) is 19.4 Å². The van der Waals surface area contributed by atoms with Crippen LogP contribution < -0.4 is 10.1 Å². The maximum atomic E-state index is 12.8. The van der Waals surface area contributed by atoms with E-state index in [-0.39, 0.29) is 5.91 Å². The van der Waals surface area contributed by atoms with Crippen LogP contribution in [0.3, 0.4) is 0 Å². The fraction of sp³-hybridized carbons (Fsp3) is 0.333. The molecule has 6 nitrogen and oxygen atoms in total. The molecule has 27 heavy (non-hydrogen) atoms. The Hall–Kier alpha value is -2.86. The predicted octanol–water partition coefficient (Wildman–Crippen LogP) is 3.83. The van der Waals surface area contributed by atoms with Crippen molar-refractivity contribution in [2.45, 2.75) is 26.3 Å². The van der Waals surface area contributed by atoms with E-state index in [0.29, 0.717) is 18.8 Å². The molecule has 0 saturated carbocycles. The molecule has 0 spiro atoms. The van der Waals surface area contributed by atoms with Gasteiger partial charge in [0.1, 0.15) is 11.4 Å². The molecule has 0 aliphatic heterocycles. The molecule has 3 aromatic rings. The van der Waals surface area contributed by atoms with Crippen LogP contribution >= 0.6 is 0 Å². The van der Waals surface area contributed by atoms with Gasteiger partial charge in [-0.05, 0) is 56.9 Å². The van der Waals surface area contributed by atoms with Gasteiger partial charge in [0.15, 0.2) is 5.69 Å². The van der Waals surface area contributed by atoms with Crippen molar-refractivity contribution >= 4 is 17.2 Å². The summed E-state index contributed by atoms with van der Waals surface area (Å²) < 4.78 is 7.62. The molecule has 0 atom stereocenters. The quantitative estimate of drug-likeness (QED) is 0.616. The molecule has 0 saturated heterocycles. The third-order valence-electron chi connectivity index (χ3n) is 4.19. The van der Waals surface area contributed by atoms with E-state index in [1.807, 2.05) is 72.1 Å². The zero-order valence-electron chi connectivity index (χ0n) is 16.1. The Bertz CT molecular complexity index is 900. The first-order valence-corrected chi connectivity index (χ1v) is 9.23. The van der Waals surface area contributed by atoms with Crippen molar-refractivity contribution in [3.05, 3.63) is 60.0 Å². The van der Waals surface area contributed by atoms with Gasteiger partial charge in [-0.3, -0.25) is 4.79 Å². The smallest absolute Gasteiger partial charge is 0.276 e. The van der Waals surface area contributed by atoms with Crippen LogP contribution in [-0.4, -0.2) is 40.9 Å². The lowest BCUT2D eigenvalue weighted by molar-refractivity contribution is 0.102. The summed E-state index contributed by atoms with van der Waals surface area (Å²) in [6, 6.07) is 13.2. The maximum absolute atomic E-state index is 12.8. The van der Waals surface area contributed by atoms with Gasteiger partial charge in [0.05, 0.1) is 12.3 Å². The number of pyridine rings is 1. The average molecular weight is 366 g/mol. The van der Waals surface area contributed by atoms with Crippen LogP contribution in [0.1, 0.15) is 35.9 Å². The number of carbonyl (C=O) groups is 1. The minimum atomic E-state index is -0.213. The Kier molecular flexibility index (Phi) is 6.08. The summed E-state index contributed by atoms with van der Waals surface area (Å²) in [5, 5.41) is 2.94. The molecule has 1 N–H and O–H groups in total. The molecule has 142 valence electrons. The second-order valence-corrected chi connectivity index (χ2v) is 6.75. The summed E-state index contributed by atoms with van der Waals surface area (Å²) in [6.45, 7) is 3.46. The number of benzene rings is 1. The first kappa shape index (κ1) is 18.9. The Morgan fingerprint density at radius 3 is 2.67 bits per heavy atom. The van der Waals surface area contributed by atoms with Gasteiger partial charge < -0.3 is 19.4 Å². The fourth-order valence-corrected chi connectivity index (χ4v) is 2.84. The van der Waals surface area contributed by atoms with Crippen LogP contribution in [0.4, 0.5) is 5.69 Å². The highest BCUT2D eigenvalue weighted by molar-refractivity contribution is 6.04. The fourth-order valence-electron chi connectivity index (χ4n) is 2.84. The van der Waals surface area contributed by atoms with Gasteiger partial charge in [-0.25, -0.2) is 4.98 Å². The highest BCUT2D eigenvalue weighted by Crippen LogP contribution is 2.19. The molecule has 0 aliphatic carbocycles. The summed E-state index contributed by atoms with van der Waals surface area (Å²) in [7, 11) is 3.95. The SMILES string of the molecule is CCCCOc1ccc(NC(=O)c2nc3ccccn3c2CN(C)C)cc1. The maximum Gasteiger partial charge on any atom is 0.276 e. The highest BCUT2D eigenvalue weighted by atomic mass is 16.5. The zero-order valence-corrected chi connectivity index (χ0v) is 16.1. The highest BCUT2D eigenvalue weighted by Gasteiger charge is 2.19. The topological polar surface area (TPSA) is 58.9 Å². The monoisotopic (exact) mass is 366 g/mol. The molecule has 0 fully saturated rings. The lowest BCUT2D eigenvalue weighted by Crippen LogP contribution is -2.19. The van der Waals surface area contributed by atoms with Gasteiger partial charge in [-0.15, -0.1) is 0 Å². The predicted molar refractivity (Wildman–Crippen MR) is 107 cm³/mol. The average Bonchev–Trinajstić information content (AvgIpc) is 3.01. The van der Waals surface area contributed by atoms with Crippen molar-refractivity contribution < 1.29 is 9.53 Å². The van der Waals surface area contributed by atoms with Crippen molar-refractivity contribution in [1.82, 2.24) is 14.3 Å². The van der Waals surface area contributed by atoms with E-state index in [1.165, 1.54) is 0 Å². The number of hydrogen-bond acceptors (Lipinski definition) is 4. The number of carbonyl (C=O) groups excluding carboxylic acids is 1. The lowest BCUT2D eigenvalue weighted by Gasteiger charge is -2.11. The Labute approximate surface area is 159 Å². The van der Waals surface area contributed by atoms with Crippen molar-refractivity contribution in [2.75, 3.05) is 26.0 Å². The van der Waals surface area contributed by atoms with Crippen molar-refractivity contribution in [1.29, 1.82) is 0 Å². The van der Waals surface area contributed by atoms with Gasteiger partial charge >= 0.3 is 0 Å². The Balaban J connectivity index is 1.77. The molecule has 3 rings (SSSR count). The largest absolute Gasteiger partial charge is 0.494 e. The van der Waals surface area contributed by atoms with Gasteiger partial charge in [0, 0.05) is 18.4 Å². The van der Waals surface area contributed by atoms with Crippen LogP contribution in [0.2, 0.25) is 0 Å². The molecule has 6 heteroatoms. The third kappa shape index (κ3) is 4.65. The van der Waals surface area contributed by atoms with E-state index in [9.17, 15) is 4.79 Å². The second kappa shape index (κ2) is 8.68. The van der Waals surface area contributed by atoms with Crippen LogP contribution in [0.15, 0.2) is 48.7 Å². The lowest BCUT2D eigenvalue weighted by atomic mass is 10.2. The number of imidazole rings is 1. The van der Waals surface area contributed by atoms with Gasteiger partial charge in [0.25, 0.3) is 5.91 Å². The number of anilines is 1. The molecular formula is C21H26N4O2.